The van der Waals surface area contributed by atoms with E-state index in [0.717, 1.165) is 6.42 Å². The molecule has 1 aromatic carbocycles. The molecule has 4 rings (SSSR count). The minimum atomic E-state index is -0.199. The van der Waals surface area contributed by atoms with Gasteiger partial charge in [-0.2, -0.15) is 5.10 Å². The molecule has 1 unspecified atom stereocenters. The normalized spacial score (nSPS) is 11.8. The summed E-state index contributed by atoms with van der Waals surface area (Å²) in [5.41, 5.74) is 3.69. The molecular formula is C24H24N6O2. The first-order valence-electron chi connectivity index (χ1n) is 10.4. The molecule has 0 saturated carbocycles. The highest BCUT2D eigenvalue weighted by atomic mass is 16.2. The third-order valence-electron chi connectivity index (χ3n) is 5.15. The first kappa shape index (κ1) is 21.2. The number of amides is 2. The summed E-state index contributed by atoms with van der Waals surface area (Å²) in [6, 6.07) is 15.6. The molecule has 0 spiro atoms. The van der Waals surface area contributed by atoms with E-state index in [9.17, 15) is 9.59 Å². The van der Waals surface area contributed by atoms with Gasteiger partial charge in [-0.05, 0) is 36.1 Å². The van der Waals surface area contributed by atoms with Gasteiger partial charge in [0.15, 0.2) is 11.5 Å². The topological polar surface area (TPSA) is 101 Å². The number of fused-ring (bicyclic) bond motifs is 1. The van der Waals surface area contributed by atoms with Crippen molar-refractivity contribution < 1.29 is 9.59 Å². The molecule has 8 nitrogen and oxygen atoms in total. The average molecular weight is 428 g/mol. The number of hydrogen-bond acceptors (Lipinski definition) is 5. The molecule has 2 amide bonds. The van der Waals surface area contributed by atoms with Crippen molar-refractivity contribution in [1.82, 2.24) is 24.9 Å². The minimum Gasteiger partial charge on any atom is -0.352 e. The fourth-order valence-corrected chi connectivity index (χ4v) is 3.43. The van der Waals surface area contributed by atoms with Gasteiger partial charge in [-0.3, -0.25) is 14.6 Å². The summed E-state index contributed by atoms with van der Waals surface area (Å²) in [6.07, 6.45) is 5.69. The molecule has 3 aromatic heterocycles. The fraction of sp³-hybridized carbons (Fsp3) is 0.208. The first-order chi connectivity index (χ1) is 15.5. The number of nitrogens with one attached hydrogen (secondary N) is 2. The van der Waals surface area contributed by atoms with Crippen LogP contribution in [0.15, 0.2) is 67.1 Å². The largest absolute Gasteiger partial charge is 0.352 e. The molecule has 0 radical (unpaired) electrons. The maximum absolute atomic E-state index is 12.6. The standard InChI is InChI=1S/C24H24N6O2/c1-16(18-6-4-3-5-7-18)10-11-26-24(32)20-12-19(13-25-14-20)21-8-9-23-28-22(27-17(2)31)15-30(23)29-21/h3-9,12-16H,10-11H2,1-2H3,(H,26,32)(H,27,31). The van der Waals surface area contributed by atoms with E-state index < -0.39 is 0 Å². The van der Waals surface area contributed by atoms with Crippen LogP contribution in [0.1, 0.15) is 42.1 Å². The minimum absolute atomic E-state index is 0.170. The lowest BCUT2D eigenvalue weighted by molar-refractivity contribution is -0.114. The lowest BCUT2D eigenvalue weighted by atomic mass is 9.98. The Hall–Kier alpha value is -4.07. The molecular weight excluding hydrogens is 404 g/mol. The highest BCUT2D eigenvalue weighted by Crippen LogP contribution is 2.20. The Bertz CT molecular complexity index is 1250. The Morgan fingerprint density at radius 2 is 1.91 bits per heavy atom. The molecule has 0 bridgehead atoms. The van der Waals surface area contributed by atoms with Crippen LogP contribution in [-0.2, 0) is 4.79 Å². The van der Waals surface area contributed by atoms with Crippen molar-refractivity contribution in [2.45, 2.75) is 26.2 Å². The molecule has 0 saturated heterocycles. The zero-order chi connectivity index (χ0) is 22.5. The van der Waals surface area contributed by atoms with Crippen LogP contribution in [0.3, 0.4) is 0 Å². The van der Waals surface area contributed by atoms with Crippen LogP contribution in [0.2, 0.25) is 0 Å². The summed E-state index contributed by atoms with van der Waals surface area (Å²) >= 11 is 0. The molecule has 32 heavy (non-hydrogen) atoms. The van der Waals surface area contributed by atoms with Crippen LogP contribution in [0.25, 0.3) is 16.9 Å². The van der Waals surface area contributed by atoms with E-state index in [0.29, 0.717) is 40.7 Å². The Morgan fingerprint density at radius 1 is 1.09 bits per heavy atom. The van der Waals surface area contributed by atoms with Gasteiger partial charge in [-0.15, -0.1) is 0 Å². The predicted octanol–water partition coefficient (Wildman–Crippen LogP) is 3.67. The molecule has 8 heteroatoms. The number of carbonyl (C=O) groups is 2. The fourth-order valence-electron chi connectivity index (χ4n) is 3.43. The van der Waals surface area contributed by atoms with Crippen LogP contribution < -0.4 is 10.6 Å². The maximum atomic E-state index is 12.6. The van der Waals surface area contributed by atoms with Crippen molar-refractivity contribution in [2.75, 3.05) is 11.9 Å². The van der Waals surface area contributed by atoms with Gasteiger partial charge in [-0.1, -0.05) is 37.3 Å². The number of benzene rings is 1. The summed E-state index contributed by atoms with van der Waals surface area (Å²) in [6.45, 7) is 4.15. The summed E-state index contributed by atoms with van der Waals surface area (Å²) in [5, 5.41) is 10.1. The monoisotopic (exact) mass is 428 g/mol. The van der Waals surface area contributed by atoms with E-state index in [1.54, 1.807) is 41.3 Å². The number of nitrogens with zero attached hydrogens (tertiary/aromatic N) is 4. The maximum Gasteiger partial charge on any atom is 0.252 e. The molecule has 0 aliphatic carbocycles. The van der Waals surface area contributed by atoms with Crippen LogP contribution in [0.5, 0.6) is 0 Å². The molecule has 1 atom stereocenters. The third kappa shape index (κ3) is 4.97. The highest BCUT2D eigenvalue weighted by molar-refractivity contribution is 5.95. The van der Waals surface area contributed by atoms with Gasteiger partial charge >= 0.3 is 0 Å². The van der Waals surface area contributed by atoms with Crippen molar-refractivity contribution in [2.24, 2.45) is 0 Å². The Balaban J connectivity index is 1.43. The number of anilines is 1. The predicted molar refractivity (Wildman–Crippen MR) is 122 cm³/mol. The summed E-state index contributed by atoms with van der Waals surface area (Å²) in [7, 11) is 0. The lowest BCUT2D eigenvalue weighted by Gasteiger charge is -2.12. The van der Waals surface area contributed by atoms with E-state index in [4.69, 9.17) is 0 Å². The van der Waals surface area contributed by atoms with Gasteiger partial charge in [-0.25, -0.2) is 9.50 Å². The van der Waals surface area contributed by atoms with Crippen molar-refractivity contribution in [3.63, 3.8) is 0 Å². The van der Waals surface area contributed by atoms with E-state index in [-0.39, 0.29) is 11.8 Å². The molecule has 3 heterocycles. The van der Waals surface area contributed by atoms with E-state index in [1.807, 2.05) is 18.2 Å². The van der Waals surface area contributed by atoms with Crippen LogP contribution in [0, 0.1) is 0 Å². The molecule has 0 aliphatic heterocycles. The number of pyridine rings is 1. The van der Waals surface area contributed by atoms with Crippen LogP contribution >= 0.6 is 0 Å². The smallest absolute Gasteiger partial charge is 0.252 e. The average Bonchev–Trinajstić information content (AvgIpc) is 3.20. The van der Waals surface area contributed by atoms with Gasteiger partial charge in [0.05, 0.1) is 17.5 Å². The number of hydrogen-bond donors (Lipinski definition) is 2. The summed E-state index contributed by atoms with van der Waals surface area (Å²) < 4.78 is 1.58. The Morgan fingerprint density at radius 3 is 2.69 bits per heavy atom. The summed E-state index contributed by atoms with van der Waals surface area (Å²) in [4.78, 5) is 32.4. The van der Waals surface area contributed by atoms with Gasteiger partial charge in [0, 0.05) is 31.4 Å². The van der Waals surface area contributed by atoms with E-state index >= 15 is 0 Å². The van der Waals surface area contributed by atoms with Gasteiger partial charge in [0.2, 0.25) is 5.91 Å². The Kier molecular flexibility index (Phi) is 6.21. The molecule has 0 aliphatic rings. The quantitative estimate of drug-likeness (QED) is 0.468. The SMILES string of the molecule is CC(=O)Nc1cn2nc(-c3cncc(C(=O)NCCC(C)c4ccccc4)c3)ccc2n1. The van der Waals surface area contributed by atoms with Crippen molar-refractivity contribution in [3.8, 4) is 11.3 Å². The van der Waals surface area contributed by atoms with Crippen LogP contribution in [0.4, 0.5) is 5.82 Å². The zero-order valence-electron chi connectivity index (χ0n) is 17.9. The number of imidazole rings is 1. The lowest BCUT2D eigenvalue weighted by Crippen LogP contribution is -2.25. The third-order valence-corrected chi connectivity index (χ3v) is 5.15. The summed E-state index contributed by atoms with van der Waals surface area (Å²) in [5.74, 6) is 0.415. The molecule has 4 aromatic rings. The second-order valence-electron chi connectivity index (χ2n) is 7.65. The molecule has 0 fully saturated rings. The number of aromatic nitrogens is 4. The molecule has 2 N–H and O–H groups in total. The zero-order valence-corrected chi connectivity index (χ0v) is 17.9. The van der Waals surface area contributed by atoms with Crippen molar-refractivity contribution >= 4 is 23.3 Å². The first-order valence-corrected chi connectivity index (χ1v) is 10.4. The van der Waals surface area contributed by atoms with E-state index in [1.165, 1.54) is 12.5 Å². The highest BCUT2D eigenvalue weighted by Gasteiger charge is 2.11. The van der Waals surface area contributed by atoms with Gasteiger partial charge in [0.25, 0.3) is 5.91 Å². The van der Waals surface area contributed by atoms with Crippen LogP contribution in [-0.4, -0.2) is 37.9 Å². The number of carbonyl (C=O) groups excluding carboxylic acids is 2. The second-order valence-corrected chi connectivity index (χ2v) is 7.65. The van der Waals surface area contributed by atoms with Crippen molar-refractivity contribution in [3.05, 3.63) is 78.2 Å². The second kappa shape index (κ2) is 9.38. The Labute approximate surface area is 185 Å². The van der Waals surface area contributed by atoms with Gasteiger partial charge in [0.1, 0.15) is 0 Å². The van der Waals surface area contributed by atoms with E-state index in [2.05, 4.69) is 44.8 Å². The van der Waals surface area contributed by atoms with Gasteiger partial charge < -0.3 is 10.6 Å². The molecule has 162 valence electrons. The van der Waals surface area contributed by atoms with Crippen molar-refractivity contribution in [1.29, 1.82) is 0 Å². The number of rotatable bonds is 7.